The molecule has 0 atom stereocenters. The van der Waals surface area contributed by atoms with Crippen LogP contribution in [0.3, 0.4) is 0 Å². The van der Waals surface area contributed by atoms with Gasteiger partial charge in [0.2, 0.25) is 0 Å². The van der Waals surface area contributed by atoms with Gasteiger partial charge in [0.1, 0.15) is 5.75 Å². The third kappa shape index (κ3) is 5.86. The molecule has 2 aromatic carbocycles. The highest BCUT2D eigenvalue weighted by Gasteiger charge is 2.24. The zero-order valence-corrected chi connectivity index (χ0v) is 18.9. The Hall–Kier alpha value is -2.37. The van der Waals surface area contributed by atoms with Crippen LogP contribution in [0.25, 0.3) is 0 Å². The Labute approximate surface area is 186 Å². The molecule has 0 unspecified atom stereocenters. The molecular formula is C26H35N3O2. The maximum absolute atomic E-state index is 12.8. The second-order valence-corrected chi connectivity index (χ2v) is 9.06. The van der Waals surface area contributed by atoms with Gasteiger partial charge < -0.3 is 14.5 Å². The number of rotatable bonds is 6. The third-order valence-electron chi connectivity index (χ3n) is 6.79. The average Bonchev–Trinajstić information content (AvgIpc) is 2.82. The number of carbonyl (C=O) groups is 1. The summed E-state index contributed by atoms with van der Waals surface area (Å²) in [6, 6.07) is 16.6. The first-order chi connectivity index (χ1) is 15.1. The molecule has 2 aromatic rings. The van der Waals surface area contributed by atoms with E-state index in [9.17, 15) is 4.79 Å². The molecule has 1 amide bonds. The largest absolute Gasteiger partial charge is 0.497 e. The summed E-state index contributed by atoms with van der Waals surface area (Å²) < 4.78 is 5.19. The van der Waals surface area contributed by atoms with Gasteiger partial charge in [-0.2, -0.15) is 0 Å². The number of hydrogen-bond acceptors (Lipinski definition) is 4. The molecule has 0 aromatic heterocycles. The number of likely N-dealkylation sites (tertiary alicyclic amines) is 1. The minimum atomic E-state index is 0.134. The lowest BCUT2D eigenvalue weighted by molar-refractivity contribution is 0.0690. The molecule has 166 valence electrons. The topological polar surface area (TPSA) is 36.0 Å². The van der Waals surface area contributed by atoms with Crippen molar-refractivity contribution >= 4 is 5.91 Å². The van der Waals surface area contributed by atoms with Crippen molar-refractivity contribution in [2.45, 2.75) is 25.8 Å². The quantitative estimate of drug-likeness (QED) is 0.715. The maximum atomic E-state index is 12.8. The second kappa shape index (κ2) is 10.3. The summed E-state index contributed by atoms with van der Waals surface area (Å²) in [6.07, 6.45) is 3.26. The van der Waals surface area contributed by atoms with Crippen LogP contribution in [-0.2, 0) is 13.0 Å². The fourth-order valence-corrected chi connectivity index (χ4v) is 4.63. The molecule has 5 nitrogen and oxygen atoms in total. The van der Waals surface area contributed by atoms with Crippen LogP contribution in [0, 0.1) is 5.92 Å². The predicted octanol–water partition coefficient (Wildman–Crippen LogP) is 3.54. The number of piperidine rings is 1. The number of piperazine rings is 1. The van der Waals surface area contributed by atoms with E-state index in [0.29, 0.717) is 5.92 Å². The summed E-state index contributed by atoms with van der Waals surface area (Å²) >= 11 is 0. The van der Waals surface area contributed by atoms with E-state index in [-0.39, 0.29) is 5.91 Å². The zero-order valence-electron chi connectivity index (χ0n) is 18.9. The number of amides is 1. The highest BCUT2D eigenvalue weighted by atomic mass is 16.5. The van der Waals surface area contributed by atoms with Gasteiger partial charge in [-0.15, -0.1) is 0 Å². The van der Waals surface area contributed by atoms with Gasteiger partial charge in [0, 0.05) is 51.4 Å². The summed E-state index contributed by atoms with van der Waals surface area (Å²) in [5.74, 6) is 1.57. The van der Waals surface area contributed by atoms with E-state index in [1.165, 1.54) is 11.1 Å². The molecule has 0 spiro atoms. The van der Waals surface area contributed by atoms with Crippen LogP contribution >= 0.6 is 0 Å². The fraction of sp³-hybridized carbons (Fsp3) is 0.500. The normalized spacial score (nSPS) is 18.8. The Balaban J connectivity index is 1.23. The van der Waals surface area contributed by atoms with Crippen molar-refractivity contribution in [1.29, 1.82) is 0 Å². The molecule has 0 N–H and O–H groups in total. The number of hydrogen-bond donors (Lipinski definition) is 0. The molecule has 4 rings (SSSR count). The molecule has 0 saturated carbocycles. The lowest BCUT2D eigenvalue weighted by atomic mass is 9.89. The van der Waals surface area contributed by atoms with E-state index >= 15 is 0 Å². The Kier molecular flexibility index (Phi) is 7.25. The zero-order chi connectivity index (χ0) is 21.6. The molecule has 0 aliphatic carbocycles. The smallest absolute Gasteiger partial charge is 0.253 e. The second-order valence-electron chi connectivity index (χ2n) is 9.06. The summed E-state index contributed by atoms with van der Waals surface area (Å²) in [4.78, 5) is 19.7. The van der Waals surface area contributed by atoms with Crippen LogP contribution in [0.5, 0.6) is 5.75 Å². The predicted molar refractivity (Wildman–Crippen MR) is 125 cm³/mol. The van der Waals surface area contributed by atoms with Gasteiger partial charge in [-0.25, -0.2) is 0 Å². The Morgan fingerprint density at radius 3 is 2.10 bits per heavy atom. The first-order valence-corrected chi connectivity index (χ1v) is 11.5. The van der Waals surface area contributed by atoms with E-state index < -0.39 is 0 Å². The lowest BCUT2D eigenvalue weighted by Gasteiger charge is -2.32. The van der Waals surface area contributed by atoms with Gasteiger partial charge in [-0.05, 0) is 67.6 Å². The molecule has 2 aliphatic rings. The molecule has 31 heavy (non-hydrogen) atoms. The number of carbonyl (C=O) groups excluding carboxylic acids is 1. The number of methoxy groups -OCH3 is 1. The van der Waals surface area contributed by atoms with Crippen LogP contribution in [0.2, 0.25) is 0 Å². The number of ether oxygens (including phenoxy) is 1. The van der Waals surface area contributed by atoms with Gasteiger partial charge >= 0.3 is 0 Å². The monoisotopic (exact) mass is 421 g/mol. The lowest BCUT2D eigenvalue weighted by Crippen LogP contribution is -2.43. The molecule has 2 aliphatic heterocycles. The van der Waals surface area contributed by atoms with Crippen LogP contribution in [0.4, 0.5) is 0 Å². The molecule has 2 heterocycles. The molecule has 5 heteroatoms. The van der Waals surface area contributed by atoms with E-state index in [2.05, 4.69) is 41.1 Å². The van der Waals surface area contributed by atoms with Gasteiger partial charge in [0.15, 0.2) is 0 Å². The number of likely N-dealkylation sites (N-methyl/N-ethyl adjacent to an activating group) is 1. The first kappa shape index (κ1) is 21.8. The van der Waals surface area contributed by atoms with Crippen LogP contribution in [0.1, 0.15) is 34.3 Å². The summed E-state index contributed by atoms with van der Waals surface area (Å²) in [5.41, 5.74) is 3.57. The van der Waals surface area contributed by atoms with Crippen molar-refractivity contribution in [1.82, 2.24) is 14.7 Å². The Morgan fingerprint density at radius 2 is 1.48 bits per heavy atom. The van der Waals surface area contributed by atoms with Crippen LogP contribution < -0.4 is 4.74 Å². The molecule has 2 saturated heterocycles. The summed E-state index contributed by atoms with van der Waals surface area (Å²) in [7, 11) is 3.84. The maximum Gasteiger partial charge on any atom is 0.253 e. The highest BCUT2D eigenvalue weighted by molar-refractivity contribution is 5.94. The van der Waals surface area contributed by atoms with E-state index in [4.69, 9.17) is 4.74 Å². The molecule has 0 bridgehead atoms. The SMILES string of the molecule is COc1ccc(C(=O)N2CCC(Cc3ccc(CN4CCN(C)CC4)cc3)CC2)cc1. The summed E-state index contributed by atoms with van der Waals surface area (Å²) in [6.45, 7) is 7.39. The Bertz CT molecular complexity index is 834. The van der Waals surface area contributed by atoms with Crippen LogP contribution in [-0.4, -0.2) is 74.0 Å². The van der Waals surface area contributed by atoms with Gasteiger partial charge in [0.05, 0.1) is 7.11 Å². The molecular weight excluding hydrogens is 386 g/mol. The van der Waals surface area contributed by atoms with E-state index in [0.717, 1.165) is 76.4 Å². The van der Waals surface area contributed by atoms with Crippen molar-refractivity contribution in [3.63, 3.8) is 0 Å². The van der Waals surface area contributed by atoms with Crippen LogP contribution in [0.15, 0.2) is 48.5 Å². The van der Waals surface area contributed by atoms with Crippen molar-refractivity contribution < 1.29 is 9.53 Å². The average molecular weight is 422 g/mol. The third-order valence-corrected chi connectivity index (χ3v) is 6.79. The van der Waals surface area contributed by atoms with E-state index in [1.807, 2.05) is 29.2 Å². The van der Waals surface area contributed by atoms with Gasteiger partial charge in [-0.3, -0.25) is 9.69 Å². The molecule has 0 radical (unpaired) electrons. The molecule has 2 fully saturated rings. The highest BCUT2D eigenvalue weighted by Crippen LogP contribution is 2.24. The van der Waals surface area contributed by atoms with E-state index in [1.54, 1.807) is 7.11 Å². The fourth-order valence-electron chi connectivity index (χ4n) is 4.63. The van der Waals surface area contributed by atoms with Crippen molar-refractivity contribution in [2.24, 2.45) is 5.92 Å². The van der Waals surface area contributed by atoms with Gasteiger partial charge in [0.25, 0.3) is 5.91 Å². The number of benzene rings is 2. The van der Waals surface area contributed by atoms with Gasteiger partial charge in [-0.1, -0.05) is 24.3 Å². The van der Waals surface area contributed by atoms with Crippen molar-refractivity contribution in [3.8, 4) is 5.75 Å². The standard InChI is InChI=1S/C26H35N3O2/c1-27-15-17-28(18-16-27)20-23-5-3-21(4-6-23)19-22-11-13-29(14-12-22)26(30)24-7-9-25(31-2)10-8-24/h3-10,22H,11-20H2,1-2H3. The van der Waals surface area contributed by atoms with Crippen molar-refractivity contribution in [2.75, 3.05) is 53.4 Å². The summed E-state index contributed by atoms with van der Waals surface area (Å²) in [5, 5.41) is 0. The minimum Gasteiger partial charge on any atom is -0.497 e. The number of nitrogens with zero attached hydrogens (tertiary/aromatic N) is 3. The first-order valence-electron chi connectivity index (χ1n) is 11.5. The minimum absolute atomic E-state index is 0.134. The van der Waals surface area contributed by atoms with Crippen molar-refractivity contribution in [3.05, 3.63) is 65.2 Å². The Morgan fingerprint density at radius 1 is 0.871 bits per heavy atom.